The molecule has 0 amide bonds. The summed E-state index contributed by atoms with van der Waals surface area (Å²) in [5.74, 6) is 3.11. The molecule has 2 aliphatic rings. The zero-order chi connectivity index (χ0) is 38.1. The van der Waals surface area contributed by atoms with Crippen LogP contribution in [0.15, 0.2) is 194 Å². The van der Waals surface area contributed by atoms with Crippen molar-refractivity contribution in [3.8, 4) is 28.5 Å². The lowest BCUT2D eigenvalue weighted by Crippen LogP contribution is -2.04. The largest absolute Gasteiger partial charge is 0.309 e. The van der Waals surface area contributed by atoms with Crippen LogP contribution in [-0.2, 0) is 0 Å². The molecule has 10 rings (SSSR count). The topological polar surface area (TPSA) is 43.6 Å². The molecule has 0 unspecified atom stereocenters. The average Bonchev–Trinajstić information content (AvgIpc) is 3.85. The number of thioether (sulfide) groups is 1. The van der Waals surface area contributed by atoms with Gasteiger partial charge in [-0.15, -0.1) is 11.8 Å². The third-order valence-corrected chi connectivity index (χ3v) is 12.0. The van der Waals surface area contributed by atoms with Crippen LogP contribution < -0.4 is 0 Å². The summed E-state index contributed by atoms with van der Waals surface area (Å²) in [6, 6.07) is 53.3. The monoisotopic (exact) mass is 750 g/mol. The standard InChI is InChI=1S/C52H38N4S/c1-35(13-12-18-42-34-57-49-22-11-9-19-44(42)49)36-27-30-43(31-28-36)56-47-21-10-8-20-45(47)46-33-41(29-32-48(46)56)37-23-25-40(26-24-37)52-54-50(38-14-4-2-5-15-38)53-51(55-52)39-16-6-3-7-17-39/h2-23,25,27-33H,1,24,26,34H2/b13-12-,42-18+. The highest BCUT2D eigenvalue weighted by Gasteiger charge is 2.19. The lowest BCUT2D eigenvalue weighted by Gasteiger charge is -2.16. The Labute approximate surface area is 337 Å². The fourth-order valence-corrected chi connectivity index (χ4v) is 8.99. The molecule has 0 bridgehead atoms. The molecule has 3 heterocycles. The van der Waals surface area contributed by atoms with E-state index in [0.29, 0.717) is 11.6 Å². The third-order valence-electron chi connectivity index (χ3n) is 10.9. The van der Waals surface area contributed by atoms with Gasteiger partial charge in [-0.25, -0.2) is 15.0 Å². The van der Waals surface area contributed by atoms with Crippen molar-refractivity contribution in [3.05, 3.63) is 211 Å². The van der Waals surface area contributed by atoms with E-state index >= 15 is 0 Å². The quantitative estimate of drug-likeness (QED) is 0.145. The zero-order valence-electron chi connectivity index (χ0n) is 31.3. The van der Waals surface area contributed by atoms with E-state index in [0.717, 1.165) is 57.9 Å². The Balaban J connectivity index is 0.938. The molecule has 4 nitrogen and oxygen atoms in total. The lowest BCUT2D eigenvalue weighted by molar-refractivity contribution is 0.985. The molecule has 0 fully saturated rings. The van der Waals surface area contributed by atoms with E-state index in [-0.39, 0.29) is 0 Å². The summed E-state index contributed by atoms with van der Waals surface area (Å²) in [5, 5.41) is 2.48. The summed E-state index contributed by atoms with van der Waals surface area (Å²) in [4.78, 5) is 16.2. The van der Waals surface area contributed by atoms with Crippen molar-refractivity contribution in [3.63, 3.8) is 0 Å². The second-order valence-electron chi connectivity index (χ2n) is 14.4. The summed E-state index contributed by atoms with van der Waals surface area (Å²) in [5.41, 5.74) is 13.9. The van der Waals surface area contributed by atoms with Gasteiger partial charge in [0, 0.05) is 38.2 Å². The van der Waals surface area contributed by atoms with E-state index in [1.807, 2.05) is 48.2 Å². The number of rotatable bonds is 8. The number of aromatic nitrogens is 4. The van der Waals surface area contributed by atoms with E-state index in [1.54, 1.807) is 0 Å². The number of para-hydroxylation sites is 1. The number of fused-ring (bicyclic) bond motifs is 4. The molecular formula is C52H38N4S. The van der Waals surface area contributed by atoms with E-state index in [9.17, 15) is 0 Å². The smallest absolute Gasteiger partial charge is 0.164 e. The first-order valence-electron chi connectivity index (χ1n) is 19.4. The number of allylic oxidation sites excluding steroid dienone is 8. The molecule has 1 aliphatic heterocycles. The van der Waals surface area contributed by atoms with Crippen molar-refractivity contribution in [2.75, 3.05) is 5.75 Å². The Bertz CT molecular complexity index is 2890. The summed E-state index contributed by atoms with van der Waals surface area (Å²) in [6.07, 6.45) is 12.6. The van der Waals surface area contributed by atoms with Crippen LogP contribution in [0.25, 0.3) is 72.6 Å². The van der Waals surface area contributed by atoms with Gasteiger partial charge in [-0.2, -0.15) is 0 Å². The molecule has 8 aromatic rings. The van der Waals surface area contributed by atoms with Crippen LogP contribution in [-0.4, -0.2) is 25.3 Å². The van der Waals surface area contributed by atoms with Gasteiger partial charge in [0.25, 0.3) is 0 Å². The third kappa shape index (κ3) is 6.77. The molecule has 57 heavy (non-hydrogen) atoms. The summed E-state index contributed by atoms with van der Waals surface area (Å²) < 4.78 is 2.37. The molecule has 0 N–H and O–H groups in total. The van der Waals surface area contributed by atoms with Crippen LogP contribution in [0.5, 0.6) is 0 Å². The maximum Gasteiger partial charge on any atom is 0.164 e. The predicted octanol–water partition coefficient (Wildman–Crippen LogP) is 13.3. The van der Waals surface area contributed by atoms with Crippen molar-refractivity contribution in [2.24, 2.45) is 0 Å². The van der Waals surface area contributed by atoms with Gasteiger partial charge in [-0.3, -0.25) is 0 Å². The molecule has 0 atom stereocenters. The first-order chi connectivity index (χ1) is 28.2. The van der Waals surface area contributed by atoms with Gasteiger partial charge in [0.1, 0.15) is 0 Å². The van der Waals surface area contributed by atoms with Crippen LogP contribution in [0.4, 0.5) is 0 Å². The van der Waals surface area contributed by atoms with Crippen molar-refractivity contribution in [1.29, 1.82) is 0 Å². The first kappa shape index (κ1) is 34.7. The Morgan fingerprint density at radius 3 is 1.95 bits per heavy atom. The maximum atomic E-state index is 4.97. The summed E-state index contributed by atoms with van der Waals surface area (Å²) in [6.45, 7) is 4.39. The van der Waals surface area contributed by atoms with Gasteiger partial charge in [-0.1, -0.05) is 152 Å². The van der Waals surface area contributed by atoms with Gasteiger partial charge in [0.2, 0.25) is 0 Å². The fraction of sp³-hybridized carbons (Fsp3) is 0.0577. The molecule has 272 valence electrons. The molecule has 0 spiro atoms. The van der Waals surface area contributed by atoms with E-state index < -0.39 is 0 Å². The molecule has 0 saturated heterocycles. The van der Waals surface area contributed by atoms with E-state index in [1.165, 1.54) is 49.0 Å². The van der Waals surface area contributed by atoms with Crippen LogP contribution >= 0.6 is 11.8 Å². The molecule has 1 aliphatic carbocycles. The second kappa shape index (κ2) is 15.0. The highest BCUT2D eigenvalue weighted by molar-refractivity contribution is 8.00. The molecule has 5 heteroatoms. The number of hydrogen-bond acceptors (Lipinski definition) is 4. The number of hydrogen-bond donors (Lipinski definition) is 0. The Morgan fingerprint density at radius 2 is 1.21 bits per heavy atom. The van der Waals surface area contributed by atoms with Crippen LogP contribution in [0.3, 0.4) is 0 Å². The zero-order valence-corrected chi connectivity index (χ0v) is 32.2. The lowest BCUT2D eigenvalue weighted by atomic mass is 9.92. The van der Waals surface area contributed by atoms with Crippen LogP contribution in [0, 0.1) is 0 Å². The fourth-order valence-electron chi connectivity index (χ4n) is 7.90. The van der Waals surface area contributed by atoms with E-state index in [2.05, 4.69) is 157 Å². The molecular weight excluding hydrogens is 713 g/mol. The van der Waals surface area contributed by atoms with Gasteiger partial charge >= 0.3 is 0 Å². The first-order valence-corrected chi connectivity index (χ1v) is 20.3. The average molecular weight is 751 g/mol. The van der Waals surface area contributed by atoms with Gasteiger partial charge in [-0.05, 0) is 88.2 Å². The Hall–Kier alpha value is -6.82. The predicted molar refractivity (Wildman–Crippen MR) is 240 cm³/mol. The number of nitrogens with zero attached hydrogens (tertiary/aromatic N) is 4. The van der Waals surface area contributed by atoms with Crippen molar-refractivity contribution in [1.82, 2.24) is 19.5 Å². The second-order valence-corrected chi connectivity index (χ2v) is 15.4. The van der Waals surface area contributed by atoms with Gasteiger partial charge < -0.3 is 4.57 Å². The Kier molecular flexibility index (Phi) is 9.13. The van der Waals surface area contributed by atoms with Gasteiger partial charge in [0.15, 0.2) is 17.5 Å². The van der Waals surface area contributed by atoms with Crippen molar-refractivity contribution < 1.29 is 0 Å². The minimum atomic E-state index is 0.687. The molecule has 2 aromatic heterocycles. The molecule has 0 saturated carbocycles. The minimum Gasteiger partial charge on any atom is -0.309 e. The SMILES string of the molecule is C=C(/C=C\C=C1/CSc2ccccc21)c1ccc(-n2c3ccccc3c3cc(C4=CC=C(c5nc(-c6ccccc6)nc(-c6ccccc6)n5)CC4)ccc32)cc1. The summed E-state index contributed by atoms with van der Waals surface area (Å²) >= 11 is 1.90. The maximum absolute atomic E-state index is 4.97. The van der Waals surface area contributed by atoms with Crippen LogP contribution in [0.2, 0.25) is 0 Å². The van der Waals surface area contributed by atoms with Crippen molar-refractivity contribution >= 4 is 55.9 Å². The number of benzene rings is 6. The van der Waals surface area contributed by atoms with E-state index in [4.69, 9.17) is 15.0 Å². The van der Waals surface area contributed by atoms with Gasteiger partial charge in [0.05, 0.1) is 11.0 Å². The highest BCUT2D eigenvalue weighted by Crippen LogP contribution is 2.39. The Morgan fingerprint density at radius 1 is 0.579 bits per heavy atom. The normalized spacial score (nSPS) is 14.6. The molecule has 0 radical (unpaired) electrons. The summed E-state index contributed by atoms with van der Waals surface area (Å²) in [7, 11) is 0. The van der Waals surface area contributed by atoms with Crippen LogP contribution in [0.1, 0.15) is 35.4 Å². The molecule has 6 aromatic carbocycles. The van der Waals surface area contributed by atoms with Crippen molar-refractivity contribution in [2.45, 2.75) is 17.7 Å². The minimum absolute atomic E-state index is 0.687. The highest BCUT2D eigenvalue weighted by atomic mass is 32.2.